The second kappa shape index (κ2) is 4.82. The van der Waals surface area contributed by atoms with E-state index in [1.807, 2.05) is 13.0 Å². The Morgan fingerprint density at radius 2 is 1.92 bits per heavy atom. The summed E-state index contributed by atoms with van der Waals surface area (Å²) in [6.07, 6.45) is 6.45. The standard InChI is InChI=1S/C18H23BN4O/c1-12-7-8-14-15-11-13(2)23(19(5)16(15)24-17(14)20-12)22-10-9-21(6)18(22,3)4/h7-11H,1-6H3. The fourth-order valence-corrected chi connectivity index (χ4v) is 3.64. The van der Waals surface area contributed by atoms with Crippen molar-refractivity contribution >= 4 is 29.7 Å². The quantitative estimate of drug-likeness (QED) is 0.754. The SMILES string of the molecule is CB1c2oc3nc(C)ccc3c2C=C(C)N1N1C=CN(C)C1(C)C. The Bertz CT molecular complexity index is 883. The van der Waals surface area contributed by atoms with Gasteiger partial charge in [0.05, 0.1) is 0 Å². The molecule has 0 radical (unpaired) electrons. The highest BCUT2D eigenvalue weighted by molar-refractivity contribution is 6.70. The molecule has 0 atom stereocenters. The second-order valence-corrected chi connectivity index (χ2v) is 7.24. The van der Waals surface area contributed by atoms with E-state index in [-0.39, 0.29) is 12.5 Å². The molecule has 0 saturated heterocycles. The summed E-state index contributed by atoms with van der Waals surface area (Å²) in [6.45, 7) is 10.9. The van der Waals surface area contributed by atoms with Crippen LogP contribution in [0.3, 0.4) is 0 Å². The molecule has 0 N–H and O–H groups in total. The van der Waals surface area contributed by atoms with Gasteiger partial charge in [-0.3, -0.25) is 5.01 Å². The molecule has 5 nitrogen and oxygen atoms in total. The van der Waals surface area contributed by atoms with Crippen LogP contribution in [0.5, 0.6) is 0 Å². The third-order valence-electron chi connectivity index (χ3n) is 5.31. The van der Waals surface area contributed by atoms with Crippen molar-refractivity contribution in [3.8, 4) is 0 Å². The summed E-state index contributed by atoms with van der Waals surface area (Å²) in [5.74, 6) is 0. The van der Waals surface area contributed by atoms with Gasteiger partial charge in [0.15, 0.2) is 0 Å². The maximum atomic E-state index is 6.16. The first-order valence-electron chi connectivity index (χ1n) is 8.39. The van der Waals surface area contributed by atoms with Crippen LogP contribution in [0.15, 0.2) is 34.6 Å². The zero-order chi connectivity index (χ0) is 17.2. The molecule has 6 heteroatoms. The van der Waals surface area contributed by atoms with Gasteiger partial charge in [0.1, 0.15) is 11.3 Å². The highest BCUT2D eigenvalue weighted by Crippen LogP contribution is 2.34. The molecule has 0 aromatic carbocycles. The molecule has 4 heterocycles. The van der Waals surface area contributed by atoms with E-state index in [1.54, 1.807) is 0 Å². The minimum absolute atomic E-state index is 0.106. The van der Waals surface area contributed by atoms with Gasteiger partial charge in [-0.2, -0.15) is 0 Å². The number of allylic oxidation sites excluding steroid dienone is 1. The molecule has 2 aliphatic heterocycles. The maximum Gasteiger partial charge on any atom is 0.353 e. The topological polar surface area (TPSA) is 35.8 Å². The summed E-state index contributed by atoms with van der Waals surface area (Å²) in [7, 11) is 2.10. The number of hydrazine groups is 1. The average molecular weight is 322 g/mol. The van der Waals surface area contributed by atoms with Crippen molar-refractivity contribution < 1.29 is 4.42 Å². The Kier molecular flexibility index (Phi) is 3.05. The lowest BCUT2D eigenvalue weighted by molar-refractivity contribution is -0.0167. The first-order chi connectivity index (χ1) is 11.3. The molecule has 0 unspecified atom stereocenters. The van der Waals surface area contributed by atoms with Crippen LogP contribution in [0.4, 0.5) is 0 Å². The van der Waals surface area contributed by atoms with Crippen LogP contribution in [0.1, 0.15) is 32.0 Å². The van der Waals surface area contributed by atoms with E-state index in [4.69, 9.17) is 4.42 Å². The zero-order valence-electron chi connectivity index (χ0n) is 15.2. The van der Waals surface area contributed by atoms with Gasteiger partial charge in [-0.25, -0.2) is 4.98 Å². The molecular weight excluding hydrogens is 299 g/mol. The Balaban J connectivity index is 1.83. The van der Waals surface area contributed by atoms with Crippen LogP contribution in [0, 0.1) is 6.92 Å². The van der Waals surface area contributed by atoms with E-state index in [0.717, 1.165) is 28.0 Å². The van der Waals surface area contributed by atoms with Gasteiger partial charge in [-0.05, 0) is 45.9 Å². The Morgan fingerprint density at radius 3 is 2.58 bits per heavy atom. The third-order valence-corrected chi connectivity index (χ3v) is 5.31. The van der Waals surface area contributed by atoms with Gasteiger partial charge in [-0.15, -0.1) is 0 Å². The predicted octanol–water partition coefficient (Wildman–Crippen LogP) is 3.01. The highest BCUT2D eigenvalue weighted by Gasteiger charge is 2.42. The van der Waals surface area contributed by atoms with Crippen molar-refractivity contribution in [2.24, 2.45) is 0 Å². The minimum atomic E-state index is -0.123. The fourth-order valence-electron chi connectivity index (χ4n) is 3.64. The van der Waals surface area contributed by atoms with E-state index in [9.17, 15) is 0 Å². The van der Waals surface area contributed by atoms with Crippen molar-refractivity contribution in [1.82, 2.24) is 19.8 Å². The minimum Gasteiger partial charge on any atom is -0.450 e. The number of pyridine rings is 1. The largest absolute Gasteiger partial charge is 0.450 e. The molecule has 0 fully saturated rings. The molecule has 124 valence electrons. The Labute approximate surface area is 143 Å². The number of hydrogen-bond acceptors (Lipinski definition) is 5. The summed E-state index contributed by atoms with van der Waals surface area (Å²) in [4.78, 5) is 9.07. The van der Waals surface area contributed by atoms with E-state index < -0.39 is 0 Å². The number of nitrogens with zero attached hydrogens (tertiary/aromatic N) is 4. The van der Waals surface area contributed by atoms with Crippen molar-refractivity contribution in [3.05, 3.63) is 41.5 Å². The molecule has 4 rings (SSSR count). The normalized spacial score (nSPS) is 19.3. The van der Waals surface area contributed by atoms with E-state index in [2.05, 4.69) is 79.0 Å². The average Bonchev–Trinajstić information content (AvgIpc) is 2.99. The predicted molar refractivity (Wildman–Crippen MR) is 98.3 cm³/mol. The Morgan fingerprint density at radius 1 is 1.17 bits per heavy atom. The summed E-state index contributed by atoms with van der Waals surface area (Å²) >= 11 is 0. The van der Waals surface area contributed by atoms with E-state index in [1.165, 1.54) is 5.70 Å². The van der Waals surface area contributed by atoms with Gasteiger partial charge in [0.2, 0.25) is 5.71 Å². The number of hydrogen-bond donors (Lipinski definition) is 0. The van der Waals surface area contributed by atoms with Gasteiger partial charge in [0, 0.05) is 41.8 Å². The third kappa shape index (κ3) is 1.92. The number of fused-ring (bicyclic) bond motifs is 3. The van der Waals surface area contributed by atoms with Gasteiger partial charge < -0.3 is 14.2 Å². The summed E-state index contributed by atoms with van der Waals surface area (Å²) < 4.78 is 6.16. The van der Waals surface area contributed by atoms with Crippen molar-refractivity contribution in [3.63, 3.8) is 0 Å². The molecule has 0 saturated carbocycles. The monoisotopic (exact) mass is 322 g/mol. The lowest BCUT2D eigenvalue weighted by Gasteiger charge is -2.48. The highest BCUT2D eigenvalue weighted by atomic mass is 16.3. The maximum absolute atomic E-state index is 6.16. The van der Waals surface area contributed by atoms with Crippen LogP contribution < -0.4 is 5.66 Å². The fraction of sp³-hybridized carbons (Fsp3) is 0.389. The molecule has 2 aromatic heterocycles. The first kappa shape index (κ1) is 15.2. The van der Waals surface area contributed by atoms with Gasteiger partial charge in [0.25, 0.3) is 0 Å². The van der Waals surface area contributed by atoms with Crippen molar-refractivity contribution in [2.45, 2.75) is 40.2 Å². The lowest BCUT2D eigenvalue weighted by atomic mass is 9.58. The zero-order valence-corrected chi connectivity index (χ0v) is 15.2. The molecule has 2 aliphatic rings. The van der Waals surface area contributed by atoms with Crippen LogP contribution >= 0.6 is 0 Å². The number of rotatable bonds is 1. The van der Waals surface area contributed by atoms with Crippen LogP contribution in [0.2, 0.25) is 6.82 Å². The van der Waals surface area contributed by atoms with Gasteiger partial charge in [-0.1, -0.05) is 6.82 Å². The number of aryl methyl sites for hydroxylation is 1. The summed E-state index contributed by atoms with van der Waals surface area (Å²) in [5, 5.41) is 3.37. The van der Waals surface area contributed by atoms with Crippen LogP contribution in [-0.2, 0) is 0 Å². The van der Waals surface area contributed by atoms with Crippen LogP contribution in [-0.4, -0.2) is 39.4 Å². The Hall–Kier alpha value is -2.37. The first-order valence-corrected chi connectivity index (χ1v) is 8.39. The van der Waals surface area contributed by atoms with Crippen molar-refractivity contribution in [2.75, 3.05) is 7.05 Å². The van der Waals surface area contributed by atoms with E-state index >= 15 is 0 Å². The lowest BCUT2D eigenvalue weighted by Crippen LogP contribution is -2.61. The number of aromatic nitrogens is 1. The summed E-state index contributed by atoms with van der Waals surface area (Å²) in [5.41, 5.74) is 4.92. The molecule has 0 amide bonds. The number of furan rings is 1. The smallest absolute Gasteiger partial charge is 0.353 e. The van der Waals surface area contributed by atoms with E-state index in [0.29, 0.717) is 0 Å². The molecule has 0 bridgehead atoms. The summed E-state index contributed by atoms with van der Waals surface area (Å²) in [6, 6.07) is 4.15. The second-order valence-electron chi connectivity index (χ2n) is 7.24. The molecule has 2 aromatic rings. The van der Waals surface area contributed by atoms with Crippen molar-refractivity contribution in [1.29, 1.82) is 0 Å². The molecule has 0 spiro atoms. The molecule has 0 aliphatic carbocycles. The van der Waals surface area contributed by atoms with Gasteiger partial charge >= 0.3 is 6.85 Å². The van der Waals surface area contributed by atoms with Crippen LogP contribution in [0.25, 0.3) is 17.2 Å². The molecule has 24 heavy (non-hydrogen) atoms. The molecular formula is C18H23BN4O.